The van der Waals surface area contributed by atoms with Crippen molar-refractivity contribution in [2.24, 2.45) is 0 Å². The lowest BCUT2D eigenvalue weighted by molar-refractivity contribution is 0.600. The van der Waals surface area contributed by atoms with E-state index in [1.165, 1.54) is 17.5 Å². The van der Waals surface area contributed by atoms with Gasteiger partial charge in [-0.05, 0) is 67.1 Å². The van der Waals surface area contributed by atoms with Crippen LogP contribution in [0.25, 0.3) is 10.9 Å². The molecule has 1 aliphatic carbocycles. The van der Waals surface area contributed by atoms with Crippen LogP contribution in [-0.4, -0.2) is 13.4 Å². The molecule has 4 nitrogen and oxygen atoms in total. The molecule has 0 radical (unpaired) electrons. The molecule has 0 amide bonds. The molecule has 118 valence electrons. The number of anilines is 1. The Balaban J connectivity index is 1.72. The maximum atomic E-state index is 12.7. The third-order valence-electron chi connectivity index (χ3n) is 4.47. The maximum absolute atomic E-state index is 12.7. The number of sulfonamides is 1. The topological polar surface area (TPSA) is 62.0 Å². The molecule has 2 aromatic carbocycles. The van der Waals surface area contributed by atoms with Crippen LogP contribution in [0, 0.1) is 0 Å². The number of H-pyrrole nitrogens is 1. The first kappa shape index (κ1) is 14.3. The monoisotopic (exact) mass is 326 g/mol. The standard InChI is InChI=1S/C18H18N2O2S/c21-23(22,15-9-8-13-4-1-2-5-14(13)12-15)20-18-7-3-6-17-16(18)10-11-19-17/h3,6-12,19-20H,1-2,4-5H2. The second-order valence-corrected chi connectivity index (χ2v) is 7.67. The van der Waals surface area contributed by atoms with Crippen molar-refractivity contribution in [3.63, 3.8) is 0 Å². The molecule has 0 saturated carbocycles. The molecule has 5 heteroatoms. The normalized spacial score (nSPS) is 14.6. The second kappa shape index (κ2) is 5.42. The van der Waals surface area contributed by atoms with Crippen molar-refractivity contribution in [3.8, 4) is 0 Å². The SMILES string of the molecule is O=S(=O)(Nc1cccc2[nH]ccc12)c1ccc2c(c1)CCCC2. The van der Waals surface area contributed by atoms with Crippen LogP contribution in [0.15, 0.2) is 53.6 Å². The molecule has 1 aliphatic rings. The fourth-order valence-corrected chi connectivity index (χ4v) is 4.39. The Kier molecular flexibility index (Phi) is 3.38. The first-order chi connectivity index (χ1) is 11.1. The van der Waals surface area contributed by atoms with Gasteiger partial charge in [0.05, 0.1) is 10.6 Å². The first-order valence-corrected chi connectivity index (χ1v) is 9.32. The van der Waals surface area contributed by atoms with Crippen LogP contribution in [0.2, 0.25) is 0 Å². The molecular weight excluding hydrogens is 308 g/mol. The molecule has 23 heavy (non-hydrogen) atoms. The molecule has 0 atom stereocenters. The lowest BCUT2D eigenvalue weighted by Crippen LogP contribution is -2.14. The Bertz CT molecular complexity index is 974. The average molecular weight is 326 g/mol. The number of aromatic amines is 1. The van der Waals surface area contributed by atoms with Crippen molar-refractivity contribution in [2.45, 2.75) is 30.6 Å². The van der Waals surface area contributed by atoms with Crippen LogP contribution >= 0.6 is 0 Å². The molecule has 0 aliphatic heterocycles. The Morgan fingerprint density at radius 1 is 0.957 bits per heavy atom. The highest BCUT2D eigenvalue weighted by atomic mass is 32.2. The van der Waals surface area contributed by atoms with Crippen molar-refractivity contribution in [1.29, 1.82) is 0 Å². The van der Waals surface area contributed by atoms with E-state index in [0.29, 0.717) is 10.6 Å². The van der Waals surface area contributed by atoms with Crippen molar-refractivity contribution >= 4 is 26.6 Å². The van der Waals surface area contributed by atoms with Crippen LogP contribution in [0.5, 0.6) is 0 Å². The van der Waals surface area contributed by atoms with Gasteiger partial charge in [0, 0.05) is 17.1 Å². The van der Waals surface area contributed by atoms with Crippen LogP contribution in [0.3, 0.4) is 0 Å². The second-order valence-electron chi connectivity index (χ2n) is 5.99. The Hall–Kier alpha value is -2.27. The lowest BCUT2D eigenvalue weighted by atomic mass is 9.92. The maximum Gasteiger partial charge on any atom is 0.261 e. The average Bonchev–Trinajstić information content (AvgIpc) is 3.04. The summed E-state index contributed by atoms with van der Waals surface area (Å²) in [6, 6.07) is 12.9. The van der Waals surface area contributed by atoms with Crippen LogP contribution in [0.4, 0.5) is 5.69 Å². The van der Waals surface area contributed by atoms with Crippen LogP contribution < -0.4 is 4.72 Å². The van der Waals surface area contributed by atoms with Crippen molar-refractivity contribution in [2.75, 3.05) is 4.72 Å². The summed E-state index contributed by atoms with van der Waals surface area (Å²) in [6.07, 6.45) is 6.14. The summed E-state index contributed by atoms with van der Waals surface area (Å²) in [5.74, 6) is 0. The van der Waals surface area contributed by atoms with E-state index in [4.69, 9.17) is 0 Å². The smallest absolute Gasteiger partial charge is 0.261 e. The molecule has 1 aromatic heterocycles. The minimum absolute atomic E-state index is 0.339. The Morgan fingerprint density at radius 2 is 1.78 bits per heavy atom. The molecule has 0 unspecified atom stereocenters. The van der Waals surface area contributed by atoms with Crippen LogP contribution in [-0.2, 0) is 22.9 Å². The molecule has 3 aromatic rings. The quantitative estimate of drug-likeness (QED) is 0.768. The molecule has 0 fully saturated rings. The highest BCUT2D eigenvalue weighted by Gasteiger charge is 2.18. The molecule has 1 heterocycles. The fourth-order valence-electron chi connectivity index (χ4n) is 3.26. The van der Waals surface area contributed by atoms with Crippen molar-refractivity contribution in [1.82, 2.24) is 4.98 Å². The number of rotatable bonds is 3. The molecule has 2 N–H and O–H groups in total. The Morgan fingerprint density at radius 3 is 2.65 bits per heavy atom. The molecule has 4 rings (SSSR count). The summed E-state index contributed by atoms with van der Waals surface area (Å²) in [7, 11) is -3.58. The summed E-state index contributed by atoms with van der Waals surface area (Å²) in [5.41, 5.74) is 3.96. The van der Waals surface area contributed by atoms with Crippen molar-refractivity contribution in [3.05, 3.63) is 59.8 Å². The van der Waals surface area contributed by atoms with E-state index in [-0.39, 0.29) is 0 Å². The lowest BCUT2D eigenvalue weighted by Gasteiger charge is -2.17. The highest BCUT2D eigenvalue weighted by Crippen LogP contribution is 2.27. The molecular formula is C18H18N2O2S. The van der Waals surface area contributed by atoms with E-state index in [0.717, 1.165) is 30.2 Å². The third-order valence-corrected chi connectivity index (χ3v) is 5.83. The number of hydrogen-bond acceptors (Lipinski definition) is 2. The largest absolute Gasteiger partial charge is 0.361 e. The van der Waals surface area contributed by atoms with Gasteiger partial charge in [0.25, 0.3) is 10.0 Å². The van der Waals surface area contributed by atoms with Crippen LogP contribution in [0.1, 0.15) is 24.0 Å². The summed E-state index contributed by atoms with van der Waals surface area (Å²) < 4.78 is 28.2. The van der Waals surface area contributed by atoms with E-state index in [1.807, 2.05) is 30.3 Å². The van der Waals surface area contributed by atoms with Gasteiger partial charge in [-0.25, -0.2) is 8.42 Å². The minimum Gasteiger partial charge on any atom is -0.361 e. The van der Waals surface area contributed by atoms with Gasteiger partial charge in [-0.1, -0.05) is 12.1 Å². The predicted molar refractivity (Wildman–Crippen MR) is 92.2 cm³/mol. The number of hydrogen-bond donors (Lipinski definition) is 2. The van der Waals surface area contributed by atoms with E-state index in [9.17, 15) is 8.42 Å². The number of aryl methyl sites for hydroxylation is 2. The number of benzene rings is 2. The van der Waals surface area contributed by atoms with Gasteiger partial charge >= 0.3 is 0 Å². The Labute approximate surface area is 135 Å². The zero-order valence-electron chi connectivity index (χ0n) is 12.7. The number of aromatic nitrogens is 1. The summed E-state index contributed by atoms with van der Waals surface area (Å²) in [4.78, 5) is 3.43. The molecule has 0 bridgehead atoms. The van der Waals surface area contributed by atoms with E-state index in [1.54, 1.807) is 18.3 Å². The third kappa shape index (κ3) is 2.61. The minimum atomic E-state index is -3.58. The predicted octanol–water partition coefficient (Wildman–Crippen LogP) is 3.85. The number of fused-ring (bicyclic) bond motifs is 2. The highest BCUT2D eigenvalue weighted by molar-refractivity contribution is 7.92. The number of nitrogens with one attached hydrogen (secondary N) is 2. The molecule has 0 spiro atoms. The van der Waals surface area contributed by atoms with Gasteiger partial charge in [0.1, 0.15) is 0 Å². The summed E-state index contributed by atoms with van der Waals surface area (Å²) in [5, 5.41) is 0.869. The van der Waals surface area contributed by atoms with Gasteiger partial charge in [-0.2, -0.15) is 0 Å². The summed E-state index contributed by atoms with van der Waals surface area (Å²) >= 11 is 0. The zero-order chi connectivity index (χ0) is 15.9. The zero-order valence-corrected chi connectivity index (χ0v) is 13.5. The van der Waals surface area contributed by atoms with Gasteiger partial charge in [-0.15, -0.1) is 0 Å². The van der Waals surface area contributed by atoms with Gasteiger partial charge in [0.2, 0.25) is 0 Å². The fraction of sp³-hybridized carbons (Fsp3) is 0.222. The molecule has 0 saturated heterocycles. The first-order valence-electron chi connectivity index (χ1n) is 7.84. The van der Waals surface area contributed by atoms with Crippen molar-refractivity contribution < 1.29 is 8.42 Å². The van der Waals surface area contributed by atoms with Gasteiger partial charge in [0.15, 0.2) is 0 Å². The van der Waals surface area contributed by atoms with E-state index >= 15 is 0 Å². The van der Waals surface area contributed by atoms with E-state index < -0.39 is 10.0 Å². The van der Waals surface area contributed by atoms with Gasteiger partial charge in [-0.3, -0.25) is 4.72 Å². The van der Waals surface area contributed by atoms with E-state index in [2.05, 4.69) is 9.71 Å². The summed E-state index contributed by atoms with van der Waals surface area (Å²) in [6.45, 7) is 0. The van der Waals surface area contributed by atoms with Gasteiger partial charge < -0.3 is 4.98 Å².